The molecular formula is C19H23BrO2. The van der Waals surface area contributed by atoms with Crippen LogP contribution in [0.3, 0.4) is 0 Å². The Morgan fingerprint density at radius 2 is 1.50 bits per heavy atom. The van der Waals surface area contributed by atoms with E-state index in [4.69, 9.17) is 5.11 Å². The average molecular weight is 363 g/mol. The van der Waals surface area contributed by atoms with Crippen molar-refractivity contribution in [1.82, 2.24) is 0 Å². The van der Waals surface area contributed by atoms with E-state index in [1.807, 2.05) is 13.0 Å². The van der Waals surface area contributed by atoms with Crippen LogP contribution in [0.4, 0.5) is 0 Å². The molecule has 0 saturated heterocycles. The number of unbranched alkanes of at least 4 members (excludes halogenated alkanes) is 6. The summed E-state index contributed by atoms with van der Waals surface area (Å²) in [5.74, 6) is 16.8. The number of hydrogen-bond donors (Lipinski definition) is 1. The van der Waals surface area contributed by atoms with Crippen LogP contribution in [-0.4, -0.2) is 11.1 Å². The van der Waals surface area contributed by atoms with Crippen LogP contribution in [-0.2, 0) is 4.79 Å². The molecule has 0 spiro atoms. The van der Waals surface area contributed by atoms with Crippen LogP contribution < -0.4 is 0 Å². The summed E-state index contributed by atoms with van der Waals surface area (Å²) in [5, 5.41) is 8.45. The number of carbonyl (C=O) groups is 1. The van der Waals surface area contributed by atoms with E-state index in [2.05, 4.69) is 51.5 Å². The van der Waals surface area contributed by atoms with Crippen LogP contribution in [0.5, 0.6) is 0 Å². The van der Waals surface area contributed by atoms with E-state index in [0.29, 0.717) is 12.8 Å². The van der Waals surface area contributed by atoms with Crippen LogP contribution in [0.1, 0.15) is 64.7 Å². The van der Waals surface area contributed by atoms with Gasteiger partial charge in [-0.05, 0) is 44.1 Å². The molecule has 22 heavy (non-hydrogen) atoms. The Kier molecular flexibility index (Phi) is 14.6. The maximum absolute atomic E-state index is 10.3. The molecule has 0 aromatic heterocycles. The van der Waals surface area contributed by atoms with Gasteiger partial charge in [0.2, 0.25) is 0 Å². The molecule has 0 atom stereocenters. The van der Waals surface area contributed by atoms with Gasteiger partial charge in [-0.25, -0.2) is 0 Å². The van der Waals surface area contributed by atoms with E-state index >= 15 is 0 Å². The highest BCUT2D eigenvalue weighted by atomic mass is 79.9. The molecule has 0 aromatic rings. The highest BCUT2D eigenvalue weighted by molar-refractivity contribution is 9.11. The summed E-state index contributed by atoms with van der Waals surface area (Å²) in [7, 11) is 0. The maximum Gasteiger partial charge on any atom is 0.303 e. The maximum atomic E-state index is 10.3. The van der Waals surface area contributed by atoms with Crippen molar-refractivity contribution >= 4 is 21.9 Å². The molecule has 118 valence electrons. The highest BCUT2D eigenvalue weighted by Gasteiger charge is 1.92. The van der Waals surface area contributed by atoms with E-state index in [-0.39, 0.29) is 6.42 Å². The molecule has 0 rings (SSSR count). The number of carboxylic acid groups (broad SMARTS) is 1. The Morgan fingerprint density at radius 1 is 0.955 bits per heavy atom. The smallest absolute Gasteiger partial charge is 0.303 e. The number of halogens is 1. The molecule has 0 unspecified atom stereocenters. The summed E-state index contributed by atoms with van der Waals surface area (Å²) < 4.78 is 1.06. The first-order chi connectivity index (χ1) is 10.6. The quantitative estimate of drug-likeness (QED) is 0.492. The predicted molar refractivity (Wildman–Crippen MR) is 95.2 cm³/mol. The minimum absolute atomic E-state index is 0.179. The fraction of sp³-hybridized carbons (Fsp3) is 0.526. The van der Waals surface area contributed by atoms with Crippen LogP contribution >= 0.6 is 15.9 Å². The van der Waals surface area contributed by atoms with Crippen molar-refractivity contribution in [2.24, 2.45) is 0 Å². The van der Waals surface area contributed by atoms with Gasteiger partial charge in [0.15, 0.2) is 0 Å². The summed E-state index contributed by atoms with van der Waals surface area (Å²) in [6, 6.07) is 0. The second kappa shape index (κ2) is 15.8. The van der Waals surface area contributed by atoms with Crippen molar-refractivity contribution < 1.29 is 9.90 Å². The minimum atomic E-state index is -0.770. The molecule has 0 radical (unpaired) electrons. The van der Waals surface area contributed by atoms with Gasteiger partial charge < -0.3 is 5.11 Å². The lowest BCUT2D eigenvalue weighted by Gasteiger charge is -1.94. The number of hydrogen-bond acceptors (Lipinski definition) is 1. The van der Waals surface area contributed by atoms with Crippen LogP contribution in [0, 0.1) is 35.5 Å². The van der Waals surface area contributed by atoms with E-state index in [1.54, 1.807) is 0 Å². The normalized spacial score (nSPS) is 9.64. The minimum Gasteiger partial charge on any atom is -0.481 e. The van der Waals surface area contributed by atoms with Gasteiger partial charge in [0.1, 0.15) is 0 Å². The Bertz CT molecular complexity index is 523. The lowest BCUT2D eigenvalue weighted by Crippen LogP contribution is -1.92. The Balaban J connectivity index is 3.45. The summed E-state index contributed by atoms with van der Waals surface area (Å²) in [5.41, 5.74) is 0. The number of allylic oxidation sites excluding steroid dienone is 2. The van der Waals surface area contributed by atoms with Gasteiger partial charge in [-0.15, -0.1) is 0 Å². The van der Waals surface area contributed by atoms with Crippen molar-refractivity contribution in [3.8, 4) is 35.5 Å². The monoisotopic (exact) mass is 362 g/mol. The van der Waals surface area contributed by atoms with Crippen LogP contribution in [0.2, 0.25) is 0 Å². The summed E-state index contributed by atoms with van der Waals surface area (Å²) >= 11 is 3.33. The second-order valence-electron chi connectivity index (χ2n) is 4.82. The van der Waals surface area contributed by atoms with Gasteiger partial charge in [0.25, 0.3) is 0 Å². The molecule has 0 bridgehead atoms. The first kappa shape index (κ1) is 20.4. The molecule has 0 aromatic carbocycles. The molecule has 2 nitrogen and oxygen atoms in total. The summed E-state index contributed by atoms with van der Waals surface area (Å²) in [6.45, 7) is 1.97. The molecule has 0 aliphatic carbocycles. The van der Waals surface area contributed by atoms with Gasteiger partial charge in [0, 0.05) is 30.2 Å². The molecule has 3 heteroatoms. The standard InChI is InChI=1S/C19H23BrO2/c1-18(20)16-14-12-10-8-6-4-2-3-5-7-9-11-13-15-17-19(21)22/h16H,2-4,6,8,10,13,15,17H2,1H3,(H,21,22)/b18-16+. The zero-order valence-electron chi connectivity index (χ0n) is 13.2. The molecular weight excluding hydrogens is 340 g/mol. The van der Waals surface area contributed by atoms with Crippen molar-refractivity contribution in [3.63, 3.8) is 0 Å². The van der Waals surface area contributed by atoms with Crippen molar-refractivity contribution in [2.45, 2.75) is 64.7 Å². The Hall–Kier alpha value is -1.63. The Morgan fingerprint density at radius 3 is 2.05 bits per heavy atom. The summed E-state index contributed by atoms with van der Waals surface area (Å²) in [4.78, 5) is 10.3. The van der Waals surface area contributed by atoms with Gasteiger partial charge in [-0.1, -0.05) is 52.5 Å². The van der Waals surface area contributed by atoms with Crippen molar-refractivity contribution in [2.75, 3.05) is 0 Å². The first-order valence-corrected chi connectivity index (χ1v) is 8.40. The van der Waals surface area contributed by atoms with Crippen molar-refractivity contribution in [3.05, 3.63) is 10.6 Å². The second-order valence-corrected chi connectivity index (χ2v) is 6.07. The first-order valence-electron chi connectivity index (χ1n) is 7.61. The zero-order chi connectivity index (χ0) is 16.5. The number of carboxylic acids is 1. The molecule has 0 saturated carbocycles. The fourth-order valence-corrected chi connectivity index (χ4v) is 1.66. The molecule has 0 fully saturated rings. The molecule has 0 aliphatic rings. The average Bonchev–Trinajstić information content (AvgIpc) is 2.46. The number of aliphatic carboxylic acids is 1. The topological polar surface area (TPSA) is 37.3 Å². The van der Waals surface area contributed by atoms with E-state index in [1.165, 1.54) is 12.8 Å². The SMILES string of the molecule is C/C(Br)=C\C#CCCCCCCC#CC#CCCCC(=O)O. The van der Waals surface area contributed by atoms with E-state index in [9.17, 15) is 4.79 Å². The van der Waals surface area contributed by atoms with Gasteiger partial charge in [-0.2, -0.15) is 0 Å². The largest absolute Gasteiger partial charge is 0.481 e. The molecule has 1 N–H and O–H groups in total. The lowest BCUT2D eigenvalue weighted by molar-refractivity contribution is -0.137. The zero-order valence-corrected chi connectivity index (χ0v) is 14.8. The van der Waals surface area contributed by atoms with Crippen LogP contribution in [0.25, 0.3) is 0 Å². The molecule has 0 amide bonds. The fourth-order valence-electron chi connectivity index (χ4n) is 1.54. The highest BCUT2D eigenvalue weighted by Crippen LogP contribution is 2.04. The van der Waals surface area contributed by atoms with Crippen molar-refractivity contribution in [1.29, 1.82) is 0 Å². The lowest BCUT2D eigenvalue weighted by atomic mass is 10.1. The van der Waals surface area contributed by atoms with Gasteiger partial charge in [0.05, 0.1) is 0 Å². The van der Waals surface area contributed by atoms with E-state index in [0.717, 1.165) is 30.2 Å². The third-order valence-electron chi connectivity index (χ3n) is 2.66. The molecule has 0 heterocycles. The number of rotatable bonds is 8. The third-order valence-corrected chi connectivity index (χ3v) is 2.89. The summed E-state index contributed by atoms with van der Waals surface area (Å²) in [6.07, 6.45) is 9.68. The van der Waals surface area contributed by atoms with Crippen LogP contribution in [0.15, 0.2) is 10.6 Å². The van der Waals surface area contributed by atoms with E-state index < -0.39 is 5.97 Å². The molecule has 0 aliphatic heterocycles. The Labute approximate surface area is 142 Å². The van der Waals surface area contributed by atoms with Gasteiger partial charge in [-0.3, -0.25) is 4.79 Å². The predicted octanol–water partition coefficient (Wildman–Crippen LogP) is 4.89. The van der Waals surface area contributed by atoms with Gasteiger partial charge >= 0.3 is 5.97 Å². The third kappa shape index (κ3) is 18.4.